The first-order valence-corrected chi connectivity index (χ1v) is 25.1. The number of aliphatic imine (C=N–C) groups is 1. The smallest absolute Gasteiger partial charge is 0.348 e. The van der Waals surface area contributed by atoms with E-state index in [1.165, 1.54) is 22.9 Å². The Morgan fingerprint density at radius 1 is 0.942 bits per heavy atom. The Labute approximate surface area is 413 Å². The summed E-state index contributed by atoms with van der Waals surface area (Å²) in [5, 5.41) is 26.9. The molecule has 1 saturated heterocycles. The number of nitrogens with zero attached hydrogens (tertiary/aromatic N) is 12. The SMILES string of the molecule is C=C(NC1=NC=CN(C)C1=C)SC.CC.CCOC(=O)c1sc(Nc2nccn3c(-c4cnn(C)c4)cnc23)cc1C1CCNCC1.Cc1cc(Nc2nc(C)cn3c(-c4cn[nH]c4)cnc23)sn1. The van der Waals surface area contributed by atoms with Gasteiger partial charge in [-0.2, -0.15) is 14.6 Å². The molecule has 0 aromatic carbocycles. The standard InChI is InChI=1S/C22H25N7O2S.C14H13N7S.C9H13N3S.C2H6/c1-3-31-22(30)19-16(14-4-6-23-7-5-14)10-18(32-19)27-20-21-25-12-17(29(21)9-8-24-20)15-11-26-28(2)13-15;1-8-3-12(22-20-8)19-13-14-15-6-11(10-4-16-17-5-10)21(14)7-9(2)18-13;1-7-9(11-8(2)13-4)10-5-6-12(7)3;1-2/h8-14,23H,3-7H2,1-2H3,(H,24,27);3-7H,1-2H3,(H,16,17)(H,18,19);5-6H,1-2H2,3-4H3,(H,10,11);1-2H3. The Balaban J connectivity index is 0.000000164. The van der Waals surface area contributed by atoms with Gasteiger partial charge in [-0.1, -0.05) is 27.0 Å². The van der Waals surface area contributed by atoms with Crippen LogP contribution in [0.5, 0.6) is 0 Å². The van der Waals surface area contributed by atoms with E-state index in [1.54, 1.807) is 35.0 Å². The molecule has 2 aliphatic rings. The second-order valence-electron chi connectivity index (χ2n) is 15.4. The van der Waals surface area contributed by atoms with Crippen LogP contribution in [0, 0.1) is 13.8 Å². The van der Waals surface area contributed by atoms with Gasteiger partial charge in [-0.25, -0.2) is 29.7 Å². The van der Waals surface area contributed by atoms with E-state index < -0.39 is 0 Å². The summed E-state index contributed by atoms with van der Waals surface area (Å²) >= 11 is 4.38. The van der Waals surface area contributed by atoms with Crippen LogP contribution in [0.15, 0.2) is 109 Å². The molecule has 2 aliphatic heterocycles. The Kier molecular flexibility index (Phi) is 16.8. The first kappa shape index (κ1) is 49.8. The highest BCUT2D eigenvalue weighted by atomic mass is 32.2. The number of anilines is 4. The maximum absolute atomic E-state index is 12.7. The van der Waals surface area contributed by atoms with Crippen LogP contribution in [-0.4, -0.2) is 103 Å². The first-order valence-electron chi connectivity index (χ1n) is 22.3. The number of likely N-dealkylation sites (N-methyl/N-ethyl adjacent to an activating group) is 1. The predicted octanol–water partition coefficient (Wildman–Crippen LogP) is 9.28. The van der Waals surface area contributed by atoms with Crippen LogP contribution < -0.4 is 21.3 Å². The maximum Gasteiger partial charge on any atom is 0.348 e. The third kappa shape index (κ3) is 11.9. The molecule has 0 radical (unpaired) electrons. The van der Waals surface area contributed by atoms with Crippen molar-refractivity contribution < 1.29 is 9.53 Å². The number of aromatic amines is 1. The van der Waals surface area contributed by atoms with Gasteiger partial charge >= 0.3 is 5.97 Å². The van der Waals surface area contributed by atoms with Crippen molar-refractivity contribution in [2.24, 2.45) is 12.0 Å². The number of rotatable bonds is 11. The molecule has 0 saturated carbocycles. The van der Waals surface area contributed by atoms with Gasteiger partial charge in [0.2, 0.25) is 0 Å². The molecule has 0 amide bonds. The van der Waals surface area contributed by atoms with Crippen molar-refractivity contribution in [2.75, 3.05) is 43.6 Å². The number of amidine groups is 1. The van der Waals surface area contributed by atoms with Crippen molar-refractivity contribution in [2.45, 2.75) is 53.4 Å². The third-order valence-corrected chi connectivity index (χ3v) is 13.1. The van der Waals surface area contributed by atoms with Crippen LogP contribution in [0.25, 0.3) is 33.8 Å². The van der Waals surface area contributed by atoms with Crippen molar-refractivity contribution in [1.29, 1.82) is 0 Å². The summed E-state index contributed by atoms with van der Waals surface area (Å²) in [6, 6.07) is 4.06. The second kappa shape index (κ2) is 23.2. The van der Waals surface area contributed by atoms with Crippen molar-refractivity contribution >= 4 is 79.4 Å². The van der Waals surface area contributed by atoms with E-state index >= 15 is 0 Å². The zero-order valence-corrected chi connectivity index (χ0v) is 42.4. The number of ether oxygens (including phenoxy) is 1. The number of aryl methyl sites for hydroxylation is 3. The number of aromatic nitrogens is 11. The largest absolute Gasteiger partial charge is 0.462 e. The van der Waals surface area contributed by atoms with Crippen LogP contribution >= 0.6 is 34.6 Å². The molecule has 0 spiro atoms. The first-order chi connectivity index (χ1) is 33.5. The van der Waals surface area contributed by atoms with Gasteiger partial charge in [0.05, 0.1) is 69.9 Å². The second-order valence-corrected chi connectivity index (χ2v) is 18.1. The van der Waals surface area contributed by atoms with Gasteiger partial charge < -0.3 is 30.9 Å². The molecule has 360 valence electrons. The normalized spacial score (nSPS) is 13.4. The number of H-pyrrole nitrogens is 1. The molecular weight excluding hydrogens is 931 g/mol. The molecule has 5 N–H and O–H groups in total. The van der Waals surface area contributed by atoms with E-state index in [9.17, 15) is 4.79 Å². The van der Waals surface area contributed by atoms with Gasteiger partial charge in [0.1, 0.15) is 9.88 Å². The van der Waals surface area contributed by atoms with Gasteiger partial charge in [-0.15, -0.1) is 23.1 Å². The number of hydrogen-bond donors (Lipinski definition) is 5. The average molecular weight is 988 g/mol. The highest BCUT2D eigenvalue weighted by Gasteiger charge is 2.26. The molecule has 1 fully saturated rings. The topological polar surface area (TPSA) is 210 Å². The lowest BCUT2D eigenvalue weighted by Crippen LogP contribution is -2.30. The van der Waals surface area contributed by atoms with Gasteiger partial charge in [0.25, 0.3) is 0 Å². The summed E-state index contributed by atoms with van der Waals surface area (Å²) in [6.07, 6.45) is 24.2. The molecule has 8 aromatic heterocycles. The molecule has 8 aromatic rings. The van der Waals surface area contributed by atoms with Crippen molar-refractivity contribution in [3.05, 3.63) is 126 Å². The fourth-order valence-corrected chi connectivity index (χ4v) is 9.21. The van der Waals surface area contributed by atoms with Crippen LogP contribution in [0.4, 0.5) is 21.6 Å². The van der Waals surface area contributed by atoms with Gasteiger partial charge in [-0.3, -0.25) is 18.6 Å². The number of thiophene rings is 1. The summed E-state index contributed by atoms with van der Waals surface area (Å²) in [5.41, 5.74) is 9.14. The van der Waals surface area contributed by atoms with E-state index in [4.69, 9.17) is 4.74 Å². The van der Waals surface area contributed by atoms with Crippen LogP contribution in [-0.2, 0) is 11.8 Å². The van der Waals surface area contributed by atoms with Crippen LogP contribution in [0.1, 0.15) is 66.2 Å². The van der Waals surface area contributed by atoms with Gasteiger partial charge in [0, 0.05) is 68.6 Å². The quantitative estimate of drug-likeness (QED) is 0.0765. The number of nitrogens with one attached hydrogen (secondary N) is 5. The number of hydrogen-bond acceptors (Lipinski definition) is 18. The molecule has 69 heavy (non-hydrogen) atoms. The summed E-state index contributed by atoms with van der Waals surface area (Å²) in [6.45, 7) is 19.7. The van der Waals surface area contributed by atoms with E-state index in [0.29, 0.717) is 28.9 Å². The van der Waals surface area contributed by atoms with Crippen molar-refractivity contribution in [3.8, 4) is 22.5 Å². The number of thioether (sulfide) groups is 1. The molecular formula is C47H57N17O2S3. The number of esters is 1. The van der Waals surface area contributed by atoms with E-state index in [1.807, 2.05) is 124 Å². The highest BCUT2D eigenvalue weighted by Crippen LogP contribution is 2.38. The number of piperidine rings is 1. The average Bonchev–Trinajstić information content (AvgIpc) is 4.23. The lowest BCUT2D eigenvalue weighted by molar-refractivity contribution is 0.0530. The lowest BCUT2D eigenvalue weighted by atomic mass is 9.90. The van der Waals surface area contributed by atoms with Crippen molar-refractivity contribution in [1.82, 2.24) is 68.6 Å². The van der Waals surface area contributed by atoms with Crippen LogP contribution in [0.2, 0.25) is 0 Å². The molecule has 0 bridgehead atoms. The fourth-order valence-electron chi connectivity index (χ4n) is 7.31. The summed E-state index contributed by atoms with van der Waals surface area (Å²) < 4.78 is 15.4. The third-order valence-electron chi connectivity index (χ3n) is 10.6. The number of fused-ring (bicyclic) bond motifs is 2. The Morgan fingerprint density at radius 3 is 2.35 bits per heavy atom. The van der Waals surface area contributed by atoms with E-state index in [2.05, 4.69) is 85.1 Å². The maximum atomic E-state index is 12.7. The minimum absolute atomic E-state index is 0.259. The molecule has 10 heterocycles. The molecule has 0 unspecified atom stereocenters. The Morgan fingerprint density at radius 2 is 1.68 bits per heavy atom. The van der Waals surface area contributed by atoms with Crippen LogP contribution in [0.3, 0.4) is 0 Å². The summed E-state index contributed by atoms with van der Waals surface area (Å²) in [7, 11) is 3.82. The monoisotopic (exact) mass is 987 g/mol. The van der Waals surface area contributed by atoms with E-state index in [-0.39, 0.29) is 5.97 Å². The summed E-state index contributed by atoms with van der Waals surface area (Å²) in [4.78, 5) is 37.6. The zero-order chi connectivity index (χ0) is 49.0. The zero-order valence-electron chi connectivity index (χ0n) is 39.9. The number of carbonyl (C=O) groups is 1. The van der Waals surface area contributed by atoms with Crippen molar-refractivity contribution in [3.63, 3.8) is 0 Å². The Bertz CT molecular complexity index is 3080. The Hall–Kier alpha value is -7.14. The molecule has 22 heteroatoms. The molecule has 0 atom stereocenters. The minimum atomic E-state index is -0.259. The van der Waals surface area contributed by atoms with Gasteiger partial charge in [0.15, 0.2) is 28.8 Å². The summed E-state index contributed by atoms with van der Waals surface area (Å²) in [5.74, 6) is 2.19. The molecule has 0 aliphatic carbocycles. The van der Waals surface area contributed by atoms with Gasteiger partial charge in [-0.05, 0) is 88.1 Å². The predicted molar refractivity (Wildman–Crippen MR) is 280 cm³/mol. The molecule has 19 nitrogen and oxygen atoms in total. The lowest BCUT2D eigenvalue weighted by Gasteiger charge is -2.22. The number of carbonyl (C=O) groups excluding carboxylic acids is 1. The highest BCUT2D eigenvalue weighted by molar-refractivity contribution is 8.02. The number of imidazole rings is 2. The fraction of sp³-hybridized carbons (Fsp3) is 0.298. The molecule has 10 rings (SSSR count). The van der Waals surface area contributed by atoms with E-state index in [0.717, 1.165) is 103 Å². The minimum Gasteiger partial charge on any atom is -0.462 e.